The van der Waals surface area contributed by atoms with Crippen LogP contribution in [0.2, 0.25) is 0 Å². The Morgan fingerprint density at radius 3 is 1.81 bits per heavy atom. The van der Waals surface area contributed by atoms with Crippen molar-refractivity contribution in [3.8, 4) is 5.75 Å². The van der Waals surface area contributed by atoms with Crippen molar-refractivity contribution >= 4 is 12.1 Å². The number of amides is 1. The fourth-order valence-corrected chi connectivity index (χ4v) is 4.28. The Bertz CT molecular complexity index is 818. The molecule has 0 saturated carbocycles. The van der Waals surface area contributed by atoms with E-state index in [-0.39, 0.29) is 5.91 Å². The molecule has 0 aliphatic rings. The molecule has 0 fully saturated rings. The van der Waals surface area contributed by atoms with Crippen molar-refractivity contribution in [3.63, 3.8) is 0 Å². The minimum atomic E-state index is -0.0104. The fourth-order valence-electron chi connectivity index (χ4n) is 4.28. The summed E-state index contributed by atoms with van der Waals surface area (Å²) >= 11 is 0. The van der Waals surface area contributed by atoms with E-state index in [0.717, 1.165) is 29.7 Å². The highest BCUT2D eigenvalue weighted by Crippen LogP contribution is 2.15. The summed E-state index contributed by atoms with van der Waals surface area (Å²) in [4.78, 5) is 12.0. The summed E-state index contributed by atoms with van der Waals surface area (Å²) in [7, 11) is 0. The maximum absolute atomic E-state index is 12.0. The van der Waals surface area contributed by atoms with E-state index in [1.165, 1.54) is 83.5 Å². The topological polar surface area (TPSA) is 50.7 Å². The summed E-state index contributed by atoms with van der Waals surface area (Å²) in [6.45, 7) is 2.82. The summed E-state index contributed by atoms with van der Waals surface area (Å²) < 4.78 is 5.79. The Balaban J connectivity index is 1.40. The number of hydrogen-bond acceptors (Lipinski definition) is 3. The van der Waals surface area contributed by atoms with Crippen LogP contribution >= 0.6 is 0 Å². The Labute approximate surface area is 219 Å². The first-order valence-corrected chi connectivity index (χ1v) is 14.4. The number of carbonyl (C=O) groups excluding carboxylic acids is 1. The van der Waals surface area contributed by atoms with E-state index in [2.05, 4.69) is 17.5 Å². The second-order valence-electron chi connectivity index (χ2n) is 9.84. The zero-order valence-electron chi connectivity index (χ0n) is 22.6. The standard InChI is InChI=1S/C32H48N2O2/c1-2-3-4-5-6-7-8-9-10-11-12-13-14-15-19-22-32(35)34-33-27-29-23-25-31(26-24-29)36-28-30-20-17-16-18-21-30/h16-18,20-21,23-27H,2-15,19,22,28H2,1H3,(H,34,35)/b33-27+. The van der Waals surface area contributed by atoms with E-state index in [0.29, 0.717) is 13.0 Å². The van der Waals surface area contributed by atoms with E-state index in [1.54, 1.807) is 6.21 Å². The number of nitrogens with one attached hydrogen (secondary N) is 1. The number of unbranched alkanes of at least 4 members (excludes halogenated alkanes) is 14. The Kier molecular flexibility index (Phi) is 16.9. The number of rotatable bonds is 21. The molecule has 0 aliphatic carbocycles. The van der Waals surface area contributed by atoms with Gasteiger partial charge in [-0.05, 0) is 41.8 Å². The van der Waals surface area contributed by atoms with Crippen LogP contribution in [0.1, 0.15) is 121 Å². The third-order valence-corrected chi connectivity index (χ3v) is 6.54. The van der Waals surface area contributed by atoms with Gasteiger partial charge in [0.05, 0.1) is 6.21 Å². The number of ether oxygens (including phenoxy) is 1. The highest BCUT2D eigenvalue weighted by molar-refractivity contribution is 5.82. The molecule has 0 bridgehead atoms. The van der Waals surface area contributed by atoms with Crippen molar-refractivity contribution in [1.82, 2.24) is 5.43 Å². The molecular formula is C32H48N2O2. The summed E-state index contributed by atoms with van der Waals surface area (Å²) in [5.41, 5.74) is 4.71. The van der Waals surface area contributed by atoms with Crippen LogP contribution in [-0.2, 0) is 11.4 Å². The fraction of sp³-hybridized carbons (Fsp3) is 0.562. The van der Waals surface area contributed by atoms with Crippen molar-refractivity contribution in [2.45, 2.75) is 116 Å². The SMILES string of the molecule is CCCCCCCCCCCCCCCCCC(=O)N/N=C/c1ccc(OCc2ccccc2)cc1. The molecule has 2 aromatic rings. The molecule has 0 radical (unpaired) electrons. The second-order valence-corrected chi connectivity index (χ2v) is 9.84. The first kappa shape index (κ1) is 29.6. The molecule has 4 heteroatoms. The van der Waals surface area contributed by atoms with E-state index in [1.807, 2.05) is 54.6 Å². The quantitative estimate of drug-likeness (QED) is 0.107. The highest BCUT2D eigenvalue weighted by atomic mass is 16.5. The lowest BCUT2D eigenvalue weighted by Gasteiger charge is -2.06. The molecule has 1 N–H and O–H groups in total. The molecule has 0 aromatic heterocycles. The normalized spacial score (nSPS) is 11.1. The predicted octanol–water partition coefficient (Wildman–Crippen LogP) is 8.98. The molecular weight excluding hydrogens is 444 g/mol. The van der Waals surface area contributed by atoms with Crippen LogP contribution in [0.15, 0.2) is 59.7 Å². The van der Waals surface area contributed by atoms with Crippen molar-refractivity contribution in [2.24, 2.45) is 5.10 Å². The lowest BCUT2D eigenvalue weighted by atomic mass is 10.0. The van der Waals surface area contributed by atoms with Crippen molar-refractivity contribution < 1.29 is 9.53 Å². The molecule has 0 unspecified atom stereocenters. The van der Waals surface area contributed by atoms with E-state index in [9.17, 15) is 4.79 Å². The Hall–Kier alpha value is -2.62. The summed E-state index contributed by atoms with van der Waals surface area (Å²) in [5, 5.41) is 4.09. The van der Waals surface area contributed by atoms with Crippen LogP contribution in [0, 0.1) is 0 Å². The Morgan fingerprint density at radius 2 is 1.25 bits per heavy atom. The van der Waals surface area contributed by atoms with Gasteiger partial charge in [0.15, 0.2) is 0 Å². The third-order valence-electron chi connectivity index (χ3n) is 6.54. The summed E-state index contributed by atoms with van der Waals surface area (Å²) in [5.74, 6) is 0.803. The number of hydrazone groups is 1. The smallest absolute Gasteiger partial charge is 0.240 e. The lowest BCUT2D eigenvalue weighted by molar-refractivity contribution is -0.121. The van der Waals surface area contributed by atoms with Gasteiger partial charge in [0.25, 0.3) is 0 Å². The molecule has 2 aromatic carbocycles. The minimum Gasteiger partial charge on any atom is -0.489 e. The molecule has 198 valence electrons. The van der Waals surface area contributed by atoms with Crippen LogP contribution in [-0.4, -0.2) is 12.1 Å². The van der Waals surface area contributed by atoms with E-state index < -0.39 is 0 Å². The third kappa shape index (κ3) is 15.4. The second kappa shape index (κ2) is 20.6. The molecule has 36 heavy (non-hydrogen) atoms. The minimum absolute atomic E-state index is 0.0104. The van der Waals surface area contributed by atoms with Gasteiger partial charge >= 0.3 is 0 Å². The van der Waals surface area contributed by atoms with Gasteiger partial charge in [-0.2, -0.15) is 5.10 Å². The van der Waals surface area contributed by atoms with Crippen molar-refractivity contribution in [2.75, 3.05) is 0 Å². The van der Waals surface area contributed by atoms with Crippen LogP contribution in [0.4, 0.5) is 0 Å². The number of hydrogen-bond donors (Lipinski definition) is 1. The van der Waals surface area contributed by atoms with Gasteiger partial charge in [-0.1, -0.05) is 127 Å². The maximum Gasteiger partial charge on any atom is 0.240 e. The maximum atomic E-state index is 12.0. The van der Waals surface area contributed by atoms with Gasteiger partial charge in [-0.15, -0.1) is 0 Å². The van der Waals surface area contributed by atoms with Gasteiger partial charge in [0, 0.05) is 6.42 Å². The lowest BCUT2D eigenvalue weighted by Crippen LogP contribution is -2.16. The van der Waals surface area contributed by atoms with Crippen LogP contribution < -0.4 is 10.2 Å². The van der Waals surface area contributed by atoms with Crippen LogP contribution in [0.25, 0.3) is 0 Å². The van der Waals surface area contributed by atoms with Crippen LogP contribution in [0.3, 0.4) is 0 Å². The molecule has 0 heterocycles. The first-order chi connectivity index (χ1) is 17.8. The molecule has 0 saturated heterocycles. The van der Waals surface area contributed by atoms with Crippen molar-refractivity contribution in [3.05, 3.63) is 65.7 Å². The zero-order valence-corrected chi connectivity index (χ0v) is 22.6. The highest BCUT2D eigenvalue weighted by Gasteiger charge is 2.00. The van der Waals surface area contributed by atoms with Crippen molar-refractivity contribution in [1.29, 1.82) is 0 Å². The Morgan fingerprint density at radius 1 is 0.722 bits per heavy atom. The summed E-state index contributed by atoms with van der Waals surface area (Å²) in [6, 6.07) is 17.8. The van der Waals surface area contributed by atoms with Gasteiger partial charge in [0.2, 0.25) is 5.91 Å². The van der Waals surface area contributed by atoms with Gasteiger partial charge in [-0.3, -0.25) is 4.79 Å². The monoisotopic (exact) mass is 492 g/mol. The molecule has 1 amide bonds. The zero-order chi connectivity index (χ0) is 25.5. The largest absolute Gasteiger partial charge is 0.489 e. The first-order valence-electron chi connectivity index (χ1n) is 14.4. The average Bonchev–Trinajstić information content (AvgIpc) is 2.91. The van der Waals surface area contributed by atoms with E-state index in [4.69, 9.17) is 4.74 Å². The van der Waals surface area contributed by atoms with E-state index >= 15 is 0 Å². The number of benzene rings is 2. The predicted molar refractivity (Wildman–Crippen MR) is 152 cm³/mol. The van der Waals surface area contributed by atoms with Gasteiger partial charge < -0.3 is 4.74 Å². The number of carbonyl (C=O) groups is 1. The molecule has 0 aliphatic heterocycles. The molecule has 0 atom stereocenters. The number of nitrogens with zero attached hydrogens (tertiary/aromatic N) is 1. The molecule has 2 rings (SSSR count). The van der Waals surface area contributed by atoms with Crippen LogP contribution in [0.5, 0.6) is 5.75 Å². The van der Waals surface area contributed by atoms with Gasteiger partial charge in [-0.25, -0.2) is 5.43 Å². The average molecular weight is 493 g/mol. The van der Waals surface area contributed by atoms with Gasteiger partial charge in [0.1, 0.15) is 12.4 Å². The molecule has 4 nitrogen and oxygen atoms in total. The summed E-state index contributed by atoms with van der Waals surface area (Å²) in [6.07, 6.45) is 22.2. The molecule has 0 spiro atoms.